The summed E-state index contributed by atoms with van der Waals surface area (Å²) in [7, 11) is 0. The molecule has 0 saturated heterocycles. The van der Waals surface area contributed by atoms with Crippen molar-refractivity contribution in [1.29, 1.82) is 0 Å². The smallest absolute Gasteiger partial charge is 0.0510 e. The van der Waals surface area contributed by atoms with Crippen LogP contribution in [0.15, 0.2) is 4.99 Å². The minimum Gasteiger partial charge on any atom is -0.315 e. The van der Waals surface area contributed by atoms with Crippen molar-refractivity contribution in [3.05, 3.63) is 0 Å². The lowest BCUT2D eigenvalue weighted by Gasteiger charge is -2.08. The second kappa shape index (κ2) is 11.0. The van der Waals surface area contributed by atoms with E-state index in [0.29, 0.717) is 0 Å². The SMILES string of the molecule is C1=NCCNCCNCCNCCNCC1. The molecule has 0 aromatic heterocycles. The number of nitrogens with one attached hydrogen (secondary N) is 4. The first kappa shape index (κ1) is 13.6. The molecule has 1 aliphatic heterocycles. The third-order valence-corrected chi connectivity index (χ3v) is 2.43. The Labute approximate surface area is 98.5 Å². The zero-order valence-electron chi connectivity index (χ0n) is 10.1. The maximum Gasteiger partial charge on any atom is 0.0510 e. The molecule has 0 aliphatic carbocycles. The van der Waals surface area contributed by atoms with Crippen LogP contribution in [0.1, 0.15) is 6.42 Å². The van der Waals surface area contributed by atoms with Crippen LogP contribution in [0.25, 0.3) is 0 Å². The zero-order valence-corrected chi connectivity index (χ0v) is 10.1. The molecule has 5 heteroatoms. The Balaban J connectivity index is 2.07. The Hall–Kier alpha value is -0.490. The van der Waals surface area contributed by atoms with E-state index in [1.54, 1.807) is 0 Å². The van der Waals surface area contributed by atoms with E-state index in [1.165, 1.54) is 0 Å². The summed E-state index contributed by atoms with van der Waals surface area (Å²) in [5, 5.41) is 13.5. The fourth-order valence-corrected chi connectivity index (χ4v) is 1.52. The molecule has 1 aliphatic rings. The van der Waals surface area contributed by atoms with Gasteiger partial charge in [0, 0.05) is 52.4 Å². The van der Waals surface area contributed by atoms with Crippen LogP contribution in [-0.2, 0) is 0 Å². The van der Waals surface area contributed by atoms with Crippen LogP contribution >= 0.6 is 0 Å². The molecule has 5 nitrogen and oxygen atoms in total. The van der Waals surface area contributed by atoms with Crippen molar-refractivity contribution < 1.29 is 0 Å². The van der Waals surface area contributed by atoms with E-state index in [0.717, 1.165) is 65.3 Å². The standard InChI is InChI=1S/C11H25N5/c1-2-12-4-6-14-8-10-16-11-9-15-7-5-13-3-1/h2,13-16H,1,3-11H2. The molecule has 0 bridgehead atoms. The van der Waals surface area contributed by atoms with Crippen molar-refractivity contribution in [2.75, 3.05) is 58.9 Å². The van der Waals surface area contributed by atoms with E-state index < -0.39 is 0 Å². The normalized spacial score (nSPS) is 23.0. The van der Waals surface area contributed by atoms with E-state index in [1.807, 2.05) is 6.21 Å². The Morgan fingerprint density at radius 1 is 0.625 bits per heavy atom. The van der Waals surface area contributed by atoms with E-state index >= 15 is 0 Å². The lowest BCUT2D eigenvalue weighted by atomic mass is 10.4. The average Bonchev–Trinajstić information content (AvgIpc) is 2.29. The topological polar surface area (TPSA) is 60.5 Å². The van der Waals surface area contributed by atoms with E-state index in [9.17, 15) is 0 Å². The Bertz CT molecular complexity index is 154. The van der Waals surface area contributed by atoms with Gasteiger partial charge in [-0.25, -0.2) is 0 Å². The summed E-state index contributed by atoms with van der Waals surface area (Å²) in [6.07, 6.45) is 3.05. The average molecular weight is 227 g/mol. The molecule has 0 fully saturated rings. The van der Waals surface area contributed by atoms with Gasteiger partial charge in [0.15, 0.2) is 0 Å². The summed E-state index contributed by atoms with van der Waals surface area (Å²) < 4.78 is 0. The number of rotatable bonds is 0. The van der Waals surface area contributed by atoms with Gasteiger partial charge < -0.3 is 21.3 Å². The molecule has 0 amide bonds. The first-order valence-corrected chi connectivity index (χ1v) is 6.31. The number of hydrogen-bond donors (Lipinski definition) is 4. The third-order valence-electron chi connectivity index (χ3n) is 2.43. The fourth-order valence-electron chi connectivity index (χ4n) is 1.52. The first-order chi connectivity index (χ1) is 8.00. The van der Waals surface area contributed by atoms with Gasteiger partial charge >= 0.3 is 0 Å². The molecule has 94 valence electrons. The second-order valence-electron chi connectivity index (χ2n) is 3.88. The fraction of sp³-hybridized carbons (Fsp3) is 0.909. The van der Waals surface area contributed by atoms with Crippen molar-refractivity contribution in [1.82, 2.24) is 21.3 Å². The molecule has 16 heavy (non-hydrogen) atoms. The molecule has 0 aromatic carbocycles. The van der Waals surface area contributed by atoms with Crippen molar-refractivity contribution in [3.63, 3.8) is 0 Å². The van der Waals surface area contributed by atoms with Crippen LogP contribution in [0.3, 0.4) is 0 Å². The van der Waals surface area contributed by atoms with Crippen molar-refractivity contribution in [2.24, 2.45) is 4.99 Å². The minimum absolute atomic E-state index is 0.890. The maximum atomic E-state index is 4.34. The Morgan fingerprint density at radius 3 is 1.75 bits per heavy atom. The molecular formula is C11H25N5. The van der Waals surface area contributed by atoms with Gasteiger partial charge in [0.05, 0.1) is 6.54 Å². The predicted octanol–water partition coefficient (Wildman–Crippen LogP) is -1.18. The molecular weight excluding hydrogens is 202 g/mol. The number of aliphatic imine (C=N–C) groups is 1. The van der Waals surface area contributed by atoms with Crippen LogP contribution in [0.2, 0.25) is 0 Å². The van der Waals surface area contributed by atoms with Gasteiger partial charge in [0.25, 0.3) is 0 Å². The summed E-state index contributed by atoms with van der Waals surface area (Å²) in [5.74, 6) is 0. The minimum atomic E-state index is 0.890. The highest BCUT2D eigenvalue weighted by Gasteiger charge is 1.90. The highest BCUT2D eigenvalue weighted by atomic mass is 15.0. The molecule has 0 aromatic rings. The molecule has 0 atom stereocenters. The molecule has 1 rings (SSSR count). The van der Waals surface area contributed by atoms with Gasteiger partial charge in [-0.3, -0.25) is 4.99 Å². The summed E-state index contributed by atoms with van der Waals surface area (Å²) >= 11 is 0. The van der Waals surface area contributed by atoms with Gasteiger partial charge in [-0.2, -0.15) is 0 Å². The maximum absolute atomic E-state index is 4.34. The quantitative estimate of drug-likeness (QED) is 0.421. The predicted molar refractivity (Wildman–Crippen MR) is 69.5 cm³/mol. The Morgan fingerprint density at radius 2 is 1.12 bits per heavy atom. The summed E-state index contributed by atoms with van der Waals surface area (Å²) in [5.41, 5.74) is 0. The number of nitrogens with zero attached hydrogens (tertiary/aromatic N) is 1. The molecule has 0 spiro atoms. The van der Waals surface area contributed by atoms with Crippen LogP contribution in [0.5, 0.6) is 0 Å². The van der Waals surface area contributed by atoms with E-state index in [4.69, 9.17) is 0 Å². The summed E-state index contributed by atoms with van der Waals surface area (Å²) in [6, 6.07) is 0. The van der Waals surface area contributed by atoms with Crippen LogP contribution in [-0.4, -0.2) is 65.1 Å². The second-order valence-corrected chi connectivity index (χ2v) is 3.88. The highest BCUT2D eigenvalue weighted by Crippen LogP contribution is 1.74. The summed E-state index contributed by atoms with van der Waals surface area (Å²) in [4.78, 5) is 4.34. The lowest BCUT2D eigenvalue weighted by Crippen LogP contribution is -2.35. The van der Waals surface area contributed by atoms with Gasteiger partial charge in [-0.1, -0.05) is 0 Å². The lowest BCUT2D eigenvalue weighted by molar-refractivity contribution is 0.568. The molecule has 0 unspecified atom stereocenters. The van der Waals surface area contributed by atoms with Crippen LogP contribution in [0.4, 0.5) is 0 Å². The van der Waals surface area contributed by atoms with Crippen LogP contribution < -0.4 is 21.3 Å². The molecule has 0 saturated carbocycles. The van der Waals surface area contributed by atoms with Crippen molar-refractivity contribution >= 4 is 6.21 Å². The van der Waals surface area contributed by atoms with Gasteiger partial charge in [0.1, 0.15) is 0 Å². The zero-order chi connectivity index (χ0) is 11.3. The van der Waals surface area contributed by atoms with E-state index in [-0.39, 0.29) is 0 Å². The monoisotopic (exact) mass is 227 g/mol. The van der Waals surface area contributed by atoms with Crippen LogP contribution in [0, 0.1) is 0 Å². The van der Waals surface area contributed by atoms with Crippen molar-refractivity contribution in [3.8, 4) is 0 Å². The number of hydrogen-bond acceptors (Lipinski definition) is 5. The molecule has 0 radical (unpaired) electrons. The van der Waals surface area contributed by atoms with E-state index in [2.05, 4.69) is 26.3 Å². The largest absolute Gasteiger partial charge is 0.315 e. The van der Waals surface area contributed by atoms with Gasteiger partial charge in [-0.15, -0.1) is 0 Å². The first-order valence-electron chi connectivity index (χ1n) is 6.31. The highest BCUT2D eigenvalue weighted by molar-refractivity contribution is 5.57. The van der Waals surface area contributed by atoms with Crippen molar-refractivity contribution in [2.45, 2.75) is 6.42 Å². The van der Waals surface area contributed by atoms with Gasteiger partial charge in [-0.05, 0) is 12.6 Å². The molecule has 4 N–H and O–H groups in total. The summed E-state index contributed by atoms with van der Waals surface area (Å²) in [6.45, 7) is 9.11. The Kier molecular flexibility index (Phi) is 9.34. The van der Waals surface area contributed by atoms with Gasteiger partial charge in [0.2, 0.25) is 0 Å². The third kappa shape index (κ3) is 8.79. The molecule has 1 heterocycles.